The molecule has 33 heavy (non-hydrogen) atoms. The predicted molar refractivity (Wildman–Crippen MR) is 132 cm³/mol. The lowest BCUT2D eigenvalue weighted by atomic mass is 9.74. The molecule has 4 rings (SSSR count). The van der Waals surface area contributed by atoms with Gasteiger partial charge in [0, 0.05) is 23.8 Å². The highest BCUT2D eigenvalue weighted by molar-refractivity contribution is 7.10. The number of methoxy groups -OCH3 is 1. The van der Waals surface area contributed by atoms with E-state index in [2.05, 4.69) is 26.7 Å². The van der Waals surface area contributed by atoms with E-state index in [-0.39, 0.29) is 12.0 Å². The molecule has 2 N–H and O–H groups in total. The number of aliphatic hydroxyl groups excluding tert-OH is 2. The predicted octanol–water partition coefficient (Wildman–Crippen LogP) is 4.29. The Labute approximate surface area is 203 Å². The topological polar surface area (TPSA) is 78.7 Å². The normalized spacial score (nSPS) is 16.8. The first kappa shape index (κ1) is 23.9. The molecule has 8 heteroatoms. The minimum absolute atomic E-state index is 0.110. The highest BCUT2D eigenvalue weighted by Gasteiger charge is 2.34. The molecule has 6 nitrogen and oxygen atoms in total. The summed E-state index contributed by atoms with van der Waals surface area (Å²) >= 11 is 8.00. The van der Waals surface area contributed by atoms with Gasteiger partial charge in [0.05, 0.1) is 46.9 Å². The Bertz CT molecular complexity index is 1130. The van der Waals surface area contributed by atoms with Crippen molar-refractivity contribution in [1.82, 2.24) is 14.9 Å². The molecular weight excluding hydrogens is 458 g/mol. The number of hydrogen-bond acceptors (Lipinski definition) is 7. The molecule has 1 unspecified atom stereocenters. The van der Waals surface area contributed by atoms with Gasteiger partial charge in [-0.3, -0.25) is 14.9 Å². The van der Waals surface area contributed by atoms with Gasteiger partial charge in [0.1, 0.15) is 5.75 Å². The van der Waals surface area contributed by atoms with Crippen molar-refractivity contribution in [2.24, 2.45) is 5.41 Å². The molecule has 3 aromatic rings. The number of aromatic nitrogens is 2. The molecular formula is C25H28ClN3O3S. The minimum atomic E-state index is -0.748. The van der Waals surface area contributed by atoms with Crippen molar-refractivity contribution in [3.8, 4) is 17.6 Å². The van der Waals surface area contributed by atoms with Gasteiger partial charge < -0.3 is 14.9 Å². The first-order chi connectivity index (χ1) is 16.0. The number of nitrogens with zero attached hydrogens (tertiary/aromatic N) is 3. The number of fused-ring (bicyclic) bond motifs is 1. The van der Waals surface area contributed by atoms with Gasteiger partial charge in [0.2, 0.25) is 0 Å². The zero-order chi connectivity index (χ0) is 23.3. The fraction of sp³-hybridized carbons (Fsp3) is 0.440. The number of likely N-dealkylation sites (tertiary alicyclic amines) is 1. The molecule has 174 valence electrons. The van der Waals surface area contributed by atoms with Crippen molar-refractivity contribution in [1.29, 1.82) is 0 Å². The van der Waals surface area contributed by atoms with Crippen molar-refractivity contribution in [2.45, 2.75) is 31.8 Å². The lowest BCUT2D eigenvalue weighted by molar-refractivity contribution is 0.0273. The van der Waals surface area contributed by atoms with E-state index in [1.807, 2.05) is 18.2 Å². The van der Waals surface area contributed by atoms with Crippen LogP contribution in [-0.4, -0.2) is 58.4 Å². The molecule has 3 heterocycles. The van der Waals surface area contributed by atoms with Crippen LogP contribution in [0.25, 0.3) is 10.9 Å². The van der Waals surface area contributed by atoms with Crippen LogP contribution < -0.4 is 4.74 Å². The molecule has 0 bridgehead atoms. The molecule has 1 aliphatic heterocycles. The van der Waals surface area contributed by atoms with Crippen molar-refractivity contribution in [3.05, 3.63) is 51.6 Å². The standard InChI is InChI=1S/C25H28ClN3O3S/c1-32-18-4-5-22-20(13-18)24(21(26)15-28-22)23(31)6-7-25(16-30)8-11-29(12-9-25)10-2-3-19-14-27-17-33-19/h4-5,13-15,17,23,30-31H,6-12,16H2,1H3. The number of ether oxygens (including phenoxy) is 1. The molecule has 1 saturated heterocycles. The zero-order valence-corrected chi connectivity index (χ0v) is 20.2. The smallest absolute Gasteiger partial charge is 0.119 e. The Morgan fingerprint density at radius 2 is 2.12 bits per heavy atom. The van der Waals surface area contributed by atoms with Gasteiger partial charge in [-0.15, -0.1) is 11.3 Å². The molecule has 0 radical (unpaired) electrons. The van der Waals surface area contributed by atoms with Gasteiger partial charge in [0.25, 0.3) is 0 Å². The number of benzene rings is 1. The lowest BCUT2D eigenvalue weighted by Crippen LogP contribution is -2.42. The van der Waals surface area contributed by atoms with E-state index in [0.29, 0.717) is 29.3 Å². The molecule has 0 saturated carbocycles. The Morgan fingerprint density at radius 3 is 2.82 bits per heavy atom. The maximum Gasteiger partial charge on any atom is 0.119 e. The van der Waals surface area contributed by atoms with E-state index >= 15 is 0 Å². The molecule has 0 amide bonds. The van der Waals surface area contributed by atoms with Crippen LogP contribution in [-0.2, 0) is 0 Å². The van der Waals surface area contributed by atoms with Crippen LogP contribution in [0.15, 0.2) is 36.1 Å². The molecule has 2 aromatic heterocycles. The summed E-state index contributed by atoms with van der Waals surface area (Å²) in [7, 11) is 1.61. The van der Waals surface area contributed by atoms with Gasteiger partial charge in [-0.2, -0.15) is 0 Å². The zero-order valence-electron chi connectivity index (χ0n) is 18.6. The van der Waals surface area contributed by atoms with Crippen LogP contribution in [0, 0.1) is 17.3 Å². The summed E-state index contributed by atoms with van der Waals surface area (Å²) in [4.78, 5) is 11.7. The third-order valence-electron chi connectivity index (χ3n) is 6.55. The highest BCUT2D eigenvalue weighted by atomic mass is 35.5. The molecule has 0 spiro atoms. The number of thiazole rings is 1. The molecule has 0 aliphatic carbocycles. The van der Waals surface area contributed by atoms with Crippen LogP contribution >= 0.6 is 22.9 Å². The molecule has 1 fully saturated rings. The van der Waals surface area contributed by atoms with E-state index in [9.17, 15) is 10.2 Å². The summed E-state index contributed by atoms with van der Waals surface area (Å²) in [5, 5.41) is 22.5. The van der Waals surface area contributed by atoms with Crippen molar-refractivity contribution < 1.29 is 14.9 Å². The molecule has 1 atom stereocenters. The van der Waals surface area contributed by atoms with E-state index < -0.39 is 6.10 Å². The summed E-state index contributed by atoms with van der Waals surface area (Å²) in [6, 6.07) is 5.57. The second kappa shape index (κ2) is 10.8. The SMILES string of the molecule is COc1ccc2ncc(Cl)c(C(O)CCC3(CO)CCN(CC#Cc4cncs4)CC3)c2c1. The second-order valence-electron chi connectivity index (χ2n) is 8.56. The number of halogens is 1. The third-order valence-corrected chi connectivity index (χ3v) is 7.54. The monoisotopic (exact) mass is 485 g/mol. The van der Waals surface area contributed by atoms with Crippen LogP contribution in [0.2, 0.25) is 5.02 Å². The Kier molecular flexibility index (Phi) is 7.84. The van der Waals surface area contributed by atoms with Crippen LogP contribution in [0.1, 0.15) is 42.2 Å². The maximum absolute atomic E-state index is 11.1. The Hall–Kier alpha value is -2.21. The van der Waals surface area contributed by atoms with Gasteiger partial charge >= 0.3 is 0 Å². The average molecular weight is 486 g/mol. The Morgan fingerprint density at radius 1 is 1.30 bits per heavy atom. The van der Waals surface area contributed by atoms with E-state index in [0.717, 1.165) is 48.1 Å². The Balaban J connectivity index is 1.39. The largest absolute Gasteiger partial charge is 0.497 e. The summed E-state index contributed by atoms with van der Waals surface area (Å²) in [5.41, 5.74) is 3.02. The summed E-state index contributed by atoms with van der Waals surface area (Å²) in [6.07, 6.45) is 5.60. The van der Waals surface area contributed by atoms with Crippen molar-refractivity contribution >= 4 is 33.8 Å². The van der Waals surface area contributed by atoms with E-state index in [1.165, 1.54) is 0 Å². The number of piperidine rings is 1. The molecule has 1 aromatic carbocycles. The van der Waals surface area contributed by atoms with Crippen LogP contribution in [0.5, 0.6) is 5.75 Å². The highest BCUT2D eigenvalue weighted by Crippen LogP contribution is 2.40. The van der Waals surface area contributed by atoms with Gasteiger partial charge in [-0.1, -0.05) is 23.4 Å². The van der Waals surface area contributed by atoms with Crippen molar-refractivity contribution in [3.63, 3.8) is 0 Å². The second-order valence-corrected chi connectivity index (χ2v) is 9.85. The fourth-order valence-corrected chi connectivity index (χ4v) is 5.17. The number of aliphatic hydroxyl groups is 2. The van der Waals surface area contributed by atoms with Gasteiger partial charge in [-0.05, 0) is 62.4 Å². The minimum Gasteiger partial charge on any atom is -0.497 e. The number of rotatable bonds is 7. The fourth-order valence-electron chi connectivity index (χ4n) is 4.41. The summed E-state index contributed by atoms with van der Waals surface area (Å²) < 4.78 is 5.34. The average Bonchev–Trinajstić information content (AvgIpc) is 3.36. The first-order valence-electron chi connectivity index (χ1n) is 11.0. The van der Waals surface area contributed by atoms with Gasteiger partial charge in [0.15, 0.2) is 0 Å². The number of hydrogen-bond donors (Lipinski definition) is 2. The van der Waals surface area contributed by atoms with Crippen LogP contribution in [0.4, 0.5) is 0 Å². The number of pyridine rings is 1. The molecule has 1 aliphatic rings. The van der Waals surface area contributed by atoms with Crippen LogP contribution in [0.3, 0.4) is 0 Å². The van der Waals surface area contributed by atoms with E-state index in [4.69, 9.17) is 16.3 Å². The third kappa shape index (κ3) is 5.65. The van der Waals surface area contributed by atoms with E-state index in [1.54, 1.807) is 36.4 Å². The van der Waals surface area contributed by atoms with Crippen molar-refractivity contribution in [2.75, 3.05) is 33.4 Å². The first-order valence-corrected chi connectivity index (χ1v) is 12.3. The summed E-state index contributed by atoms with van der Waals surface area (Å²) in [6.45, 7) is 2.58. The van der Waals surface area contributed by atoms with Gasteiger partial charge in [-0.25, -0.2) is 0 Å². The lowest BCUT2D eigenvalue weighted by Gasteiger charge is -2.40. The quantitative estimate of drug-likeness (QED) is 0.486. The summed E-state index contributed by atoms with van der Waals surface area (Å²) in [5.74, 6) is 7.06. The maximum atomic E-state index is 11.1.